The first-order chi connectivity index (χ1) is 13.2. The Kier molecular flexibility index (Phi) is 2.99. The third-order valence-electron chi connectivity index (χ3n) is 9.84. The van der Waals surface area contributed by atoms with Gasteiger partial charge in [-0.05, 0) is 104 Å². The number of rotatable bonds is 3. The van der Waals surface area contributed by atoms with Crippen molar-refractivity contribution in [2.75, 3.05) is 26.7 Å². The molecule has 0 spiro atoms. The van der Waals surface area contributed by atoms with E-state index in [4.69, 9.17) is 4.74 Å². The molecule has 1 aromatic carbocycles. The van der Waals surface area contributed by atoms with Crippen LogP contribution in [0.5, 0.6) is 5.75 Å². The van der Waals surface area contributed by atoms with E-state index in [0.29, 0.717) is 10.8 Å². The summed E-state index contributed by atoms with van der Waals surface area (Å²) in [6.45, 7) is 3.98. The van der Waals surface area contributed by atoms with Crippen LogP contribution in [0.2, 0.25) is 0 Å². The number of methoxy groups -OCH3 is 1. The van der Waals surface area contributed by atoms with Gasteiger partial charge in [-0.1, -0.05) is 6.07 Å². The van der Waals surface area contributed by atoms with Crippen LogP contribution in [0, 0.1) is 23.2 Å². The van der Waals surface area contributed by atoms with Gasteiger partial charge in [-0.15, -0.1) is 0 Å². The van der Waals surface area contributed by atoms with E-state index >= 15 is 0 Å². The monoisotopic (exact) mass is 364 g/mol. The van der Waals surface area contributed by atoms with Gasteiger partial charge in [-0.25, -0.2) is 0 Å². The van der Waals surface area contributed by atoms with Crippen molar-refractivity contribution in [3.63, 3.8) is 0 Å². The lowest BCUT2D eigenvalue weighted by molar-refractivity contribution is -0.0941. The van der Waals surface area contributed by atoms with E-state index < -0.39 is 0 Å². The summed E-state index contributed by atoms with van der Waals surface area (Å²) in [6, 6.07) is 8.64. The van der Waals surface area contributed by atoms with E-state index in [-0.39, 0.29) is 0 Å². The second-order valence-corrected chi connectivity index (χ2v) is 10.6. The van der Waals surface area contributed by atoms with Crippen LogP contribution < -0.4 is 10.1 Å². The molecular weight excluding hydrogens is 332 g/mol. The zero-order valence-corrected chi connectivity index (χ0v) is 16.5. The highest BCUT2D eigenvalue weighted by molar-refractivity contribution is 5.51. The number of ether oxygens (including phenoxy) is 1. The van der Waals surface area contributed by atoms with Crippen molar-refractivity contribution in [1.82, 2.24) is 10.2 Å². The molecule has 2 heterocycles. The standard InChI is InChI=1S/C24H32N2O/c1-27-18-5-4-16-10-21-23-7-6-20-22(17(12-23)13-25-20)24(23,19(16)11-18)8-9-26(21)14-15-2-3-15/h4-5,11,15,17,20-22,25H,2-3,6-10,12-14H2,1H3/t17-,20?,21?,22?,23?,24?/m0/s1. The predicted molar refractivity (Wildman–Crippen MR) is 106 cm³/mol. The molecule has 144 valence electrons. The van der Waals surface area contributed by atoms with E-state index in [2.05, 4.69) is 28.4 Å². The highest BCUT2D eigenvalue weighted by Crippen LogP contribution is 2.74. The Balaban J connectivity index is 1.44. The molecule has 3 saturated carbocycles. The van der Waals surface area contributed by atoms with Gasteiger partial charge in [-0.2, -0.15) is 0 Å². The molecule has 1 aromatic rings. The molecule has 2 saturated heterocycles. The zero-order valence-electron chi connectivity index (χ0n) is 16.5. The van der Waals surface area contributed by atoms with Gasteiger partial charge >= 0.3 is 0 Å². The molecule has 27 heavy (non-hydrogen) atoms. The maximum Gasteiger partial charge on any atom is 0.119 e. The number of piperidine rings is 1. The predicted octanol–water partition coefficient (Wildman–Crippen LogP) is 3.36. The SMILES string of the molecule is COc1ccc2c(c1)C13CCN(CC4CC4)C(C2)C12CCC1NC[C@H](C2)C13. The Morgan fingerprint density at radius 1 is 1.22 bits per heavy atom. The third-order valence-corrected chi connectivity index (χ3v) is 9.84. The molecular formula is C24H32N2O. The van der Waals surface area contributed by atoms with Crippen LogP contribution in [0.25, 0.3) is 0 Å². The number of hydrogen-bond donors (Lipinski definition) is 1. The molecule has 6 aliphatic rings. The normalized spacial score (nSPS) is 46.9. The molecule has 6 atom stereocenters. The minimum absolute atomic E-state index is 0.414. The summed E-state index contributed by atoms with van der Waals surface area (Å²) in [4.78, 5) is 2.97. The number of benzene rings is 1. The Labute approximate surface area is 162 Å². The van der Waals surface area contributed by atoms with Gasteiger partial charge in [-0.3, -0.25) is 4.90 Å². The molecule has 0 aromatic heterocycles. The van der Waals surface area contributed by atoms with Crippen molar-refractivity contribution in [3.8, 4) is 5.75 Å². The molecule has 0 amide bonds. The Hall–Kier alpha value is -1.06. The highest BCUT2D eigenvalue weighted by Gasteiger charge is 2.74. The average molecular weight is 365 g/mol. The Bertz CT molecular complexity index is 804. The molecule has 0 radical (unpaired) electrons. The fraction of sp³-hybridized carbons (Fsp3) is 0.750. The fourth-order valence-corrected chi connectivity index (χ4v) is 8.91. The van der Waals surface area contributed by atoms with Gasteiger partial charge in [0.25, 0.3) is 0 Å². The van der Waals surface area contributed by atoms with Crippen LogP contribution in [-0.2, 0) is 11.8 Å². The van der Waals surface area contributed by atoms with Gasteiger partial charge in [0.15, 0.2) is 0 Å². The summed E-state index contributed by atoms with van der Waals surface area (Å²) in [7, 11) is 1.83. The van der Waals surface area contributed by atoms with Gasteiger partial charge in [0, 0.05) is 24.0 Å². The maximum absolute atomic E-state index is 5.71. The van der Waals surface area contributed by atoms with Gasteiger partial charge in [0.1, 0.15) is 5.75 Å². The van der Waals surface area contributed by atoms with Crippen LogP contribution in [0.3, 0.4) is 0 Å². The number of nitrogens with zero attached hydrogens (tertiary/aromatic N) is 1. The average Bonchev–Trinajstić information content (AvgIpc) is 3.35. The highest BCUT2D eigenvalue weighted by atomic mass is 16.5. The lowest BCUT2D eigenvalue weighted by Crippen LogP contribution is -2.69. The third kappa shape index (κ3) is 1.78. The Morgan fingerprint density at radius 3 is 3.00 bits per heavy atom. The molecule has 4 bridgehead atoms. The van der Waals surface area contributed by atoms with Crippen molar-refractivity contribution < 1.29 is 4.74 Å². The second-order valence-electron chi connectivity index (χ2n) is 10.6. The number of fused-ring (bicyclic) bond motifs is 1. The molecule has 3 heteroatoms. The van der Waals surface area contributed by atoms with Gasteiger partial charge < -0.3 is 10.1 Å². The first-order valence-electron chi connectivity index (χ1n) is 11.4. The van der Waals surface area contributed by atoms with Crippen molar-refractivity contribution >= 4 is 0 Å². The summed E-state index contributed by atoms with van der Waals surface area (Å²) in [6.07, 6.45) is 9.96. The van der Waals surface area contributed by atoms with E-state index in [0.717, 1.165) is 35.6 Å². The van der Waals surface area contributed by atoms with Crippen molar-refractivity contribution in [1.29, 1.82) is 0 Å². The van der Waals surface area contributed by atoms with Gasteiger partial charge in [0.05, 0.1) is 7.11 Å². The lowest BCUT2D eigenvalue weighted by atomic mass is 9.43. The lowest BCUT2D eigenvalue weighted by Gasteiger charge is -2.66. The van der Waals surface area contributed by atoms with E-state index in [1.165, 1.54) is 64.6 Å². The van der Waals surface area contributed by atoms with Crippen LogP contribution in [0.1, 0.15) is 49.7 Å². The minimum atomic E-state index is 0.414. The number of likely N-dealkylation sites (tertiary alicyclic amines) is 1. The van der Waals surface area contributed by atoms with Crippen molar-refractivity contribution in [3.05, 3.63) is 29.3 Å². The van der Waals surface area contributed by atoms with E-state index in [1.54, 1.807) is 11.1 Å². The summed E-state index contributed by atoms with van der Waals surface area (Å²) in [5.41, 5.74) is 4.29. The quantitative estimate of drug-likeness (QED) is 0.890. The molecule has 2 aliphatic heterocycles. The second kappa shape index (κ2) is 5.10. The van der Waals surface area contributed by atoms with Crippen LogP contribution >= 0.6 is 0 Å². The molecule has 1 N–H and O–H groups in total. The topological polar surface area (TPSA) is 24.5 Å². The largest absolute Gasteiger partial charge is 0.497 e. The number of hydrogen-bond acceptors (Lipinski definition) is 3. The summed E-state index contributed by atoms with van der Waals surface area (Å²) >= 11 is 0. The van der Waals surface area contributed by atoms with Crippen molar-refractivity contribution in [2.24, 2.45) is 23.2 Å². The van der Waals surface area contributed by atoms with Gasteiger partial charge in [0.2, 0.25) is 0 Å². The molecule has 4 aliphatic carbocycles. The maximum atomic E-state index is 5.71. The first kappa shape index (κ1) is 15.8. The smallest absolute Gasteiger partial charge is 0.119 e. The minimum Gasteiger partial charge on any atom is -0.497 e. The summed E-state index contributed by atoms with van der Waals surface area (Å²) in [5, 5.41) is 3.94. The van der Waals surface area contributed by atoms with Crippen LogP contribution in [-0.4, -0.2) is 43.7 Å². The number of nitrogens with one attached hydrogen (secondary N) is 1. The first-order valence-corrected chi connectivity index (χ1v) is 11.4. The molecule has 5 fully saturated rings. The summed E-state index contributed by atoms with van der Waals surface area (Å²) in [5.74, 6) is 3.84. The molecule has 7 rings (SSSR count). The van der Waals surface area contributed by atoms with Crippen LogP contribution in [0.15, 0.2) is 18.2 Å². The molecule has 3 nitrogen and oxygen atoms in total. The zero-order chi connectivity index (χ0) is 17.8. The molecule has 5 unspecified atom stereocenters. The fourth-order valence-electron chi connectivity index (χ4n) is 8.91. The van der Waals surface area contributed by atoms with E-state index in [1.807, 2.05) is 7.11 Å². The van der Waals surface area contributed by atoms with Crippen LogP contribution in [0.4, 0.5) is 0 Å². The van der Waals surface area contributed by atoms with E-state index in [9.17, 15) is 0 Å². The Morgan fingerprint density at radius 2 is 2.15 bits per heavy atom. The van der Waals surface area contributed by atoms with Crippen molar-refractivity contribution in [2.45, 2.75) is 62.4 Å². The summed E-state index contributed by atoms with van der Waals surface area (Å²) < 4.78 is 5.71.